The highest BCUT2D eigenvalue weighted by Crippen LogP contribution is 2.38. The van der Waals surface area contributed by atoms with E-state index in [-0.39, 0.29) is 0 Å². The highest BCUT2D eigenvalue weighted by molar-refractivity contribution is 5.62. The zero-order chi connectivity index (χ0) is 18.8. The van der Waals surface area contributed by atoms with E-state index in [0.29, 0.717) is 19.3 Å². The molecule has 0 saturated carbocycles. The van der Waals surface area contributed by atoms with Crippen molar-refractivity contribution in [3.05, 3.63) is 78.1 Å². The van der Waals surface area contributed by atoms with Crippen LogP contribution in [0.1, 0.15) is 30.0 Å². The molecule has 4 nitrogen and oxygen atoms in total. The minimum Gasteiger partial charge on any atom is -0.486 e. The zero-order valence-electron chi connectivity index (χ0n) is 15.9. The van der Waals surface area contributed by atoms with Crippen LogP contribution in [0, 0.1) is 0 Å². The first-order valence-corrected chi connectivity index (χ1v) is 10.00. The van der Waals surface area contributed by atoms with Gasteiger partial charge >= 0.3 is 0 Å². The van der Waals surface area contributed by atoms with Crippen LogP contribution in [0.3, 0.4) is 0 Å². The molecule has 0 spiro atoms. The number of benzene rings is 2. The minimum atomic E-state index is 0.439. The van der Waals surface area contributed by atoms with Crippen molar-refractivity contribution in [2.75, 3.05) is 19.8 Å². The maximum atomic E-state index is 5.78. The first-order valence-electron chi connectivity index (χ1n) is 10.00. The molecule has 0 amide bonds. The van der Waals surface area contributed by atoms with Gasteiger partial charge in [-0.25, -0.2) is 0 Å². The lowest BCUT2D eigenvalue weighted by molar-refractivity contribution is 0.170. The lowest BCUT2D eigenvalue weighted by Gasteiger charge is -2.26. The summed E-state index contributed by atoms with van der Waals surface area (Å²) in [5.74, 6) is 1.75. The Morgan fingerprint density at radius 3 is 2.61 bits per heavy atom. The van der Waals surface area contributed by atoms with E-state index in [1.807, 2.05) is 18.5 Å². The molecule has 2 aromatic carbocycles. The maximum absolute atomic E-state index is 5.78. The van der Waals surface area contributed by atoms with Crippen LogP contribution < -0.4 is 9.47 Å². The van der Waals surface area contributed by atoms with Crippen LogP contribution >= 0.6 is 0 Å². The van der Waals surface area contributed by atoms with Gasteiger partial charge in [0.25, 0.3) is 0 Å². The smallest absolute Gasteiger partial charge is 0.161 e. The number of aromatic nitrogens is 1. The Hall–Kier alpha value is -2.85. The third-order valence-corrected chi connectivity index (χ3v) is 5.65. The summed E-state index contributed by atoms with van der Waals surface area (Å²) in [4.78, 5) is 6.79. The van der Waals surface area contributed by atoms with E-state index in [0.717, 1.165) is 30.2 Å². The van der Waals surface area contributed by atoms with Crippen molar-refractivity contribution in [1.82, 2.24) is 9.88 Å². The molecular formula is C24H24N2O2. The number of fused-ring (bicyclic) bond motifs is 1. The minimum absolute atomic E-state index is 0.439. The molecule has 4 heteroatoms. The summed E-state index contributed by atoms with van der Waals surface area (Å²) in [7, 11) is 0. The third kappa shape index (κ3) is 3.48. The van der Waals surface area contributed by atoms with Gasteiger partial charge < -0.3 is 9.47 Å². The van der Waals surface area contributed by atoms with E-state index >= 15 is 0 Å². The van der Waals surface area contributed by atoms with E-state index in [4.69, 9.17) is 9.47 Å². The molecule has 2 aliphatic heterocycles. The van der Waals surface area contributed by atoms with Gasteiger partial charge in [0.2, 0.25) is 0 Å². The van der Waals surface area contributed by atoms with Gasteiger partial charge in [0.05, 0.1) is 0 Å². The summed E-state index contributed by atoms with van der Waals surface area (Å²) in [5, 5.41) is 0. The maximum Gasteiger partial charge on any atom is 0.161 e. The number of ether oxygens (including phenoxy) is 2. The lowest BCUT2D eigenvalue weighted by Crippen LogP contribution is -2.23. The molecular weight excluding hydrogens is 348 g/mol. The number of rotatable bonds is 4. The van der Waals surface area contributed by atoms with Crippen LogP contribution in [-0.2, 0) is 6.54 Å². The lowest BCUT2D eigenvalue weighted by atomic mass is 10.0. The Balaban J connectivity index is 1.32. The largest absolute Gasteiger partial charge is 0.486 e. The molecule has 3 aromatic rings. The molecule has 3 heterocycles. The van der Waals surface area contributed by atoms with Crippen molar-refractivity contribution >= 4 is 0 Å². The highest BCUT2D eigenvalue weighted by atomic mass is 16.6. The number of nitrogens with zero attached hydrogens (tertiary/aromatic N) is 2. The Morgan fingerprint density at radius 2 is 1.79 bits per heavy atom. The average Bonchev–Trinajstić information content (AvgIpc) is 3.23. The number of likely N-dealkylation sites (tertiary alicyclic amines) is 1. The zero-order valence-corrected chi connectivity index (χ0v) is 15.9. The van der Waals surface area contributed by atoms with E-state index in [2.05, 4.69) is 58.4 Å². The van der Waals surface area contributed by atoms with Crippen molar-refractivity contribution in [3.63, 3.8) is 0 Å². The Bertz CT molecular complexity index is 941. The van der Waals surface area contributed by atoms with Gasteiger partial charge in [-0.15, -0.1) is 0 Å². The fourth-order valence-corrected chi connectivity index (χ4v) is 4.23. The number of hydrogen-bond donors (Lipinski definition) is 0. The molecule has 28 heavy (non-hydrogen) atoms. The van der Waals surface area contributed by atoms with Gasteiger partial charge in [0.15, 0.2) is 11.5 Å². The van der Waals surface area contributed by atoms with Gasteiger partial charge in [0, 0.05) is 25.0 Å². The summed E-state index contributed by atoms with van der Waals surface area (Å²) in [6, 6.07) is 19.8. The topological polar surface area (TPSA) is 34.6 Å². The molecule has 1 atom stereocenters. The molecule has 0 unspecified atom stereocenters. The quantitative estimate of drug-likeness (QED) is 0.655. The van der Waals surface area contributed by atoms with Crippen molar-refractivity contribution in [1.29, 1.82) is 0 Å². The summed E-state index contributed by atoms with van der Waals surface area (Å²) in [6.45, 7) is 3.36. The summed E-state index contributed by atoms with van der Waals surface area (Å²) in [5.41, 5.74) is 5.04. The standard InChI is InChI=1S/C24H24N2O2/c1-3-21(16-25-11-1)19-7-5-18(6-8-19)17-26-12-2-4-22(26)20-9-10-23-24(15-20)28-14-13-27-23/h1,3,5-11,15-16,22H,2,4,12-14,17H2/t22-/m0/s1. The van der Waals surface area contributed by atoms with Crippen LogP contribution in [0.2, 0.25) is 0 Å². The molecule has 5 rings (SSSR count). The third-order valence-electron chi connectivity index (χ3n) is 5.65. The van der Waals surface area contributed by atoms with Gasteiger partial charge in [-0.05, 0) is 59.8 Å². The van der Waals surface area contributed by atoms with E-state index in [9.17, 15) is 0 Å². The van der Waals surface area contributed by atoms with Crippen LogP contribution in [0.5, 0.6) is 11.5 Å². The van der Waals surface area contributed by atoms with Crippen molar-refractivity contribution < 1.29 is 9.47 Å². The first-order chi connectivity index (χ1) is 13.9. The summed E-state index contributed by atoms with van der Waals surface area (Å²) < 4.78 is 11.5. The molecule has 2 aliphatic rings. The average molecular weight is 372 g/mol. The second-order valence-electron chi connectivity index (χ2n) is 7.47. The van der Waals surface area contributed by atoms with Crippen LogP contribution in [-0.4, -0.2) is 29.6 Å². The Labute approximate surface area is 165 Å². The predicted octanol–water partition coefficient (Wildman–Crippen LogP) is 4.86. The van der Waals surface area contributed by atoms with Crippen molar-refractivity contribution in [2.45, 2.75) is 25.4 Å². The molecule has 0 N–H and O–H groups in total. The molecule has 1 fully saturated rings. The van der Waals surface area contributed by atoms with E-state index < -0.39 is 0 Å². The van der Waals surface area contributed by atoms with Gasteiger partial charge in [0.1, 0.15) is 13.2 Å². The van der Waals surface area contributed by atoms with Crippen LogP contribution in [0.4, 0.5) is 0 Å². The van der Waals surface area contributed by atoms with Gasteiger partial charge in [-0.1, -0.05) is 36.4 Å². The summed E-state index contributed by atoms with van der Waals surface area (Å²) >= 11 is 0. The number of pyridine rings is 1. The highest BCUT2D eigenvalue weighted by Gasteiger charge is 2.27. The van der Waals surface area contributed by atoms with Crippen LogP contribution in [0.25, 0.3) is 11.1 Å². The van der Waals surface area contributed by atoms with E-state index in [1.165, 1.54) is 29.5 Å². The second-order valence-corrected chi connectivity index (χ2v) is 7.47. The Kier molecular flexibility index (Phi) is 4.71. The van der Waals surface area contributed by atoms with Crippen molar-refractivity contribution in [3.8, 4) is 22.6 Å². The number of hydrogen-bond acceptors (Lipinski definition) is 4. The fourth-order valence-electron chi connectivity index (χ4n) is 4.23. The molecule has 1 saturated heterocycles. The fraction of sp³-hybridized carbons (Fsp3) is 0.292. The Morgan fingerprint density at radius 1 is 0.929 bits per heavy atom. The van der Waals surface area contributed by atoms with Gasteiger partial charge in [-0.3, -0.25) is 9.88 Å². The first kappa shape index (κ1) is 17.3. The van der Waals surface area contributed by atoms with Crippen molar-refractivity contribution in [2.24, 2.45) is 0 Å². The van der Waals surface area contributed by atoms with Crippen LogP contribution in [0.15, 0.2) is 67.0 Å². The monoisotopic (exact) mass is 372 g/mol. The predicted molar refractivity (Wildman–Crippen MR) is 109 cm³/mol. The second kappa shape index (κ2) is 7.64. The van der Waals surface area contributed by atoms with E-state index in [1.54, 1.807) is 0 Å². The molecule has 0 bridgehead atoms. The molecule has 0 aliphatic carbocycles. The van der Waals surface area contributed by atoms with Gasteiger partial charge in [-0.2, -0.15) is 0 Å². The SMILES string of the molecule is c1cncc(-c2ccc(CN3CCC[C@H]3c3ccc4c(c3)OCCO4)cc2)c1. The molecule has 0 radical (unpaired) electrons. The normalized spacial score (nSPS) is 18.9. The molecule has 1 aromatic heterocycles. The molecule has 142 valence electrons. The summed E-state index contributed by atoms with van der Waals surface area (Å²) in [6.07, 6.45) is 6.14.